The number of allylic oxidation sites excluding steroid dienone is 2. The Labute approximate surface area is 93.8 Å². The summed E-state index contributed by atoms with van der Waals surface area (Å²) in [5, 5.41) is 8.83. The normalized spacial score (nSPS) is 27.2. The molecular weight excluding hydrogens is 240 g/mol. The third-order valence-corrected chi connectivity index (χ3v) is 5.02. The largest absolute Gasteiger partial charge is 0.480 e. The monoisotopic (exact) mass is 252 g/mol. The summed E-state index contributed by atoms with van der Waals surface area (Å²) >= 11 is 5.83. The molecule has 0 amide bonds. The van der Waals surface area contributed by atoms with Gasteiger partial charge in [-0.05, 0) is 19.3 Å². The van der Waals surface area contributed by atoms with Crippen molar-refractivity contribution in [1.82, 2.24) is 0 Å². The van der Waals surface area contributed by atoms with Gasteiger partial charge in [0.25, 0.3) is 0 Å². The fourth-order valence-electron chi connectivity index (χ4n) is 1.46. The quantitative estimate of drug-likeness (QED) is 0.774. The minimum atomic E-state index is -3.19. The van der Waals surface area contributed by atoms with Crippen molar-refractivity contribution in [2.24, 2.45) is 0 Å². The maximum Gasteiger partial charge on any atom is 0.325 e. The highest BCUT2D eigenvalue weighted by Crippen LogP contribution is 2.35. The molecule has 0 bridgehead atoms. The van der Waals surface area contributed by atoms with Crippen molar-refractivity contribution in [1.29, 1.82) is 0 Å². The highest BCUT2D eigenvalue weighted by Gasteiger charge is 2.39. The van der Waals surface area contributed by atoms with Crippen LogP contribution in [0.5, 0.6) is 0 Å². The van der Waals surface area contributed by atoms with E-state index in [-0.39, 0.29) is 25.0 Å². The van der Waals surface area contributed by atoms with Crippen LogP contribution in [-0.4, -0.2) is 30.1 Å². The second-order valence-electron chi connectivity index (χ2n) is 3.55. The summed E-state index contributed by atoms with van der Waals surface area (Å²) in [5.41, 5.74) is 0. The van der Waals surface area contributed by atoms with E-state index >= 15 is 0 Å². The van der Waals surface area contributed by atoms with Gasteiger partial charge in [-0.25, -0.2) is 8.42 Å². The molecule has 1 aliphatic carbocycles. The van der Waals surface area contributed by atoms with Crippen LogP contribution in [0.3, 0.4) is 0 Å². The van der Waals surface area contributed by atoms with E-state index in [1.807, 2.05) is 0 Å². The number of hydrogen-bond acceptors (Lipinski definition) is 3. The zero-order chi connectivity index (χ0) is 11.7. The fraction of sp³-hybridized carbons (Fsp3) is 0.667. The van der Waals surface area contributed by atoms with Crippen molar-refractivity contribution in [2.45, 2.75) is 31.1 Å². The molecular formula is C9H13ClO4S. The van der Waals surface area contributed by atoms with Gasteiger partial charge in [0.1, 0.15) is 4.87 Å². The smallest absolute Gasteiger partial charge is 0.325 e. The second kappa shape index (κ2) is 4.14. The molecule has 1 unspecified atom stereocenters. The zero-order valence-corrected chi connectivity index (χ0v) is 9.94. The minimum Gasteiger partial charge on any atom is -0.480 e. The van der Waals surface area contributed by atoms with Gasteiger partial charge in [-0.1, -0.05) is 13.0 Å². The summed E-state index contributed by atoms with van der Waals surface area (Å²) in [6, 6.07) is 0. The Balaban J connectivity index is 2.89. The van der Waals surface area contributed by atoms with Crippen molar-refractivity contribution in [3.05, 3.63) is 11.0 Å². The van der Waals surface area contributed by atoms with Crippen molar-refractivity contribution >= 4 is 27.4 Å². The van der Waals surface area contributed by atoms with Gasteiger partial charge in [-0.3, -0.25) is 4.79 Å². The van der Waals surface area contributed by atoms with Gasteiger partial charge in [-0.15, -0.1) is 11.6 Å². The topological polar surface area (TPSA) is 71.4 Å². The van der Waals surface area contributed by atoms with Crippen LogP contribution in [0.25, 0.3) is 0 Å². The highest BCUT2D eigenvalue weighted by molar-refractivity contribution is 7.95. The Kier molecular flexibility index (Phi) is 3.45. The van der Waals surface area contributed by atoms with Gasteiger partial charge in [0.05, 0.1) is 5.75 Å². The Morgan fingerprint density at radius 2 is 2.27 bits per heavy atom. The number of rotatable bonds is 3. The Bertz CT molecular complexity index is 398. The van der Waals surface area contributed by atoms with Gasteiger partial charge in [0, 0.05) is 4.91 Å². The first-order chi connectivity index (χ1) is 6.82. The number of carboxylic acids is 1. The molecule has 1 aliphatic rings. The molecule has 0 aliphatic heterocycles. The van der Waals surface area contributed by atoms with E-state index in [9.17, 15) is 13.2 Å². The van der Waals surface area contributed by atoms with E-state index in [1.165, 1.54) is 6.08 Å². The van der Waals surface area contributed by atoms with Crippen LogP contribution in [0.1, 0.15) is 26.2 Å². The molecule has 0 radical (unpaired) electrons. The molecule has 0 aromatic rings. The van der Waals surface area contributed by atoms with Gasteiger partial charge in [-0.2, -0.15) is 0 Å². The molecule has 0 fully saturated rings. The van der Waals surface area contributed by atoms with Crippen molar-refractivity contribution in [2.75, 3.05) is 5.75 Å². The molecule has 4 nitrogen and oxygen atoms in total. The van der Waals surface area contributed by atoms with E-state index in [4.69, 9.17) is 16.7 Å². The van der Waals surface area contributed by atoms with Gasteiger partial charge >= 0.3 is 5.97 Å². The Hall–Kier alpha value is -0.550. The molecule has 15 heavy (non-hydrogen) atoms. The van der Waals surface area contributed by atoms with E-state index in [2.05, 4.69) is 0 Å². The lowest BCUT2D eigenvalue weighted by molar-refractivity contribution is -0.140. The van der Waals surface area contributed by atoms with E-state index < -0.39 is 20.7 Å². The van der Waals surface area contributed by atoms with Crippen LogP contribution in [0.2, 0.25) is 0 Å². The second-order valence-corrected chi connectivity index (χ2v) is 6.60. The number of halogens is 1. The van der Waals surface area contributed by atoms with Crippen LogP contribution in [0.4, 0.5) is 0 Å². The van der Waals surface area contributed by atoms with Gasteiger partial charge < -0.3 is 5.11 Å². The van der Waals surface area contributed by atoms with Crippen molar-refractivity contribution < 1.29 is 18.3 Å². The number of alkyl halides is 1. The Morgan fingerprint density at radius 1 is 1.67 bits per heavy atom. The molecule has 6 heteroatoms. The average Bonchev–Trinajstić information content (AvgIpc) is 2.18. The standard InChI is InChI=1S/C9H13ClO4S/c1-2-15(13,14)7-3-5-9(10,6-4-7)8(11)12/h3H,2,4-6H2,1H3,(H,11,12). The van der Waals surface area contributed by atoms with E-state index in [0.29, 0.717) is 4.91 Å². The van der Waals surface area contributed by atoms with Crippen LogP contribution in [0, 0.1) is 0 Å². The minimum absolute atomic E-state index is 0.0428. The van der Waals surface area contributed by atoms with E-state index in [0.717, 1.165) is 0 Å². The summed E-state index contributed by atoms with van der Waals surface area (Å²) in [4.78, 5) is 9.79. The summed E-state index contributed by atoms with van der Waals surface area (Å²) in [6.07, 6.45) is 1.88. The summed E-state index contributed by atoms with van der Waals surface area (Å²) in [5.74, 6) is -1.05. The first-order valence-corrected chi connectivity index (χ1v) is 6.69. The molecule has 0 saturated carbocycles. The molecule has 1 N–H and O–H groups in total. The SMILES string of the molecule is CCS(=O)(=O)C1=CCC(Cl)(C(=O)O)CC1. The Morgan fingerprint density at radius 3 is 2.60 bits per heavy atom. The lowest BCUT2D eigenvalue weighted by atomic mass is 9.93. The molecule has 0 heterocycles. The maximum absolute atomic E-state index is 11.5. The number of hydrogen-bond donors (Lipinski definition) is 1. The molecule has 0 saturated heterocycles. The molecule has 86 valence electrons. The number of sulfone groups is 1. The molecule has 0 aromatic heterocycles. The fourth-order valence-corrected chi connectivity index (χ4v) is 2.76. The van der Waals surface area contributed by atoms with Crippen LogP contribution in [-0.2, 0) is 14.6 Å². The number of carbonyl (C=O) groups is 1. The maximum atomic E-state index is 11.5. The first-order valence-electron chi connectivity index (χ1n) is 4.66. The lowest BCUT2D eigenvalue weighted by Gasteiger charge is -2.25. The predicted octanol–water partition coefficient (Wildman–Crippen LogP) is 1.55. The van der Waals surface area contributed by atoms with Crippen LogP contribution in [0.15, 0.2) is 11.0 Å². The molecule has 1 atom stereocenters. The molecule has 0 spiro atoms. The first kappa shape index (κ1) is 12.5. The van der Waals surface area contributed by atoms with Gasteiger partial charge in [0.15, 0.2) is 9.84 Å². The van der Waals surface area contributed by atoms with E-state index in [1.54, 1.807) is 6.92 Å². The zero-order valence-electron chi connectivity index (χ0n) is 8.36. The number of carboxylic acid groups (broad SMARTS) is 1. The highest BCUT2D eigenvalue weighted by atomic mass is 35.5. The van der Waals surface area contributed by atoms with Crippen molar-refractivity contribution in [3.8, 4) is 0 Å². The van der Waals surface area contributed by atoms with Gasteiger partial charge in [0.2, 0.25) is 0 Å². The predicted molar refractivity (Wildman–Crippen MR) is 57.6 cm³/mol. The summed E-state index contributed by atoms with van der Waals surface area (Å²) in [7, 11) is -3.19. The van der Waals surface area contributed by atoms with Crippen LogP contribution >= 0.6 is 11.6 Å². The summed E-state index contributed by atoms with van der Waals surface area (Å²) in [6.45, 7) is 1.57. The third-order valence-electron chi connectivity index (χ3n) is 2.58. The molecule has 0 aromatic carbocycles. The number of aliphatic carboxylic acids is 1. The summed E-state index contributed by atoms with van der Waals surface area (Å²) < 4.78 is 23.0. The lowest BCUT2D eigenvalue weighted by Crippen LogP contribution is -2.34. The van der Waals surface area contributed by atoms with Crippen molar-refractivity contribution in [3.63, 3.8) is 0 Å². The van der Waals surface area contributed by atoms with Crippen LogP contribution < -0.4 is 0 Å². The average molecular weight is 253 g/mol. The third kappa shape index (κ3) is 2.52. The molecule has 1 rings (SSSR count).